The fourth-order valence-electron chi connectivity index (χ4n) is 1.18. The van der Waals surface area contributed by atoms with Crippen LogP contribution >= 0.6 is 0 Å². The quantitative estimate of drug-likeness (QED) is 0.682. The summed E-state index contributed by atoms with van der Waals surface area (Å²) in [7, 11) is 1.60. The second kappa shape index (κ2) is 5.13. The van der Waals surface area contributed by atoms with Crippen LogP contribution in [0.5, 0.6) is 11.5 Å². The van der Waals surface area contributed by atoms with Gasteiger partial charge in [-0.3, -0.25) is 0 Å². The Labute approximate surface area is 84.1 Å². The minimum absolute atomic E-state index is 0.379. The number of ether oxygens (including phenoxy) is 2. The van der Waals surface area contributed by atoms with Gasteiger partial charge in [0.15, 0.2) is 11.5 Å². The van der Waals surface area contributed by atoms with Gasteiger partial charge in [-0.05, 0) is 25.1 Å². The normalized spacial score (nSPS) is 9.21. The molecule has 0 atom stereocenters. The first kappa shape index (κ1) is 10.4. The van der Waals surface area contributed by atoms with Crippen molar-refractivity contribution in [3.05, 3.63) is 35.2 Å². The number of rotatable bonds is 4. The maximum Gasteiger partial charge on any atom is 0.239 e. The van der Waals surface area contributed by atoms with E-state index in [1.807, 2.05) is 25.1 Å². The van der Waals surface area contributed by atoms with Crippen molar-refractivity contribution >= 4 is 0 Å². The Hall–Kier alpha value is -1.69. The molecule has 0 fully saturated rings. The second-order valence-electron chi connectivity index (χ2n) is 2.73. The summed E-state index contributed by atoms with van der Waals surface area (Å²) in [5.74, 6) is 1.41. The molecule has 1 aromatic carbocycles. The highest BCUT2D eigenvalue weighted by molar-refractivity contribution is 5.43. The third-order valence-electron chi connectivity index (χ3n) is 1.79. The van der Waals surface area contributed by atoms with Gasteiger partial charge in [-0.25, -0.2) is 6.57 Å². The summed E-state index contributed by atoms with van der Waals surface area (Å²) in [5, 5.41) is 0. The molecule has 0 spiro atoms. The standard InChI is InChI=1S/C11H13NO2/c1-4-14-11-7-9(8-12-2)5-6-10(11)13-3/h5-7H,4,8H2,1,3H3. The Morgan fingerprint density at radius 1 is 1.36 bits per heavy atom. The van der Waals surface area contributed by atoms with Gasteiger partial charge in [0, 0.05) is 5.56 Å². The minimum atomic E-state index is 0.379. The van der Waals surface area contributed by atoms with Crippen LogP contribution in [0.1, 0.15) is 12.5 Å². The van der Waals surface area contributed by atoms with Crippen LogP contribution in [-0.4, -0.2) is 13.7 Å². The molecular weight excluding hydrogens is 178 g/mol. The molecule has 74 valence electrons. The van der Waals surface area contributed by atoms with Gasteiger partial charge in [0.2, 0.25) is 6.54 Å². The van der Waals surface area contributed by atoms with Crippen molar-refractivity contribution in [2.24, 2.45) is 0 Å². The SMILES string of the molecule is [C-]#[N+]Cc1ccc(OC)c(OCC)c1. The fraction of sp³-hybridized carbons (Fsp3) is 0.364. The lowest BCUT2D eigenvalue weighted by Gasteiger charge is -2.09. The van der Waals surface area contributed by atoms with Crippen molar-refractivity contribution in [1.29, 1.82) is 0 Å². The molecule has 0 heterocycles. The highest BCUT2D eigenvalue weighted by atomic mass is 16.5. The van der Waals surface area contributed by atoms with Crippen LogP contribution in [0.3, 0.4) is 0 Å². The van der Waals surface area contributed by atoms with Crippen LogP contribution < -0.4 is 9.47 Å². The Morgan fingerprint density at radius 3 is 2.71 bits per heavy atom. The molecule has 0 amide bonds. The molecule has 0 bridgehead atoms. The first-order chi connectivity index (χ1) is 6.81. The third kappa shape index (κ3) is 2.40. The monoisotopic (exact) mass is 191 g/mol. The molecule has 0 aliphatic rings. The summed E-state index contributed by atoms with van der Waals surface area (Å²) in [6.45, 7) is 9.66. The summed E-state index contributed by atoms with van der Waals surface area (Å²) in [4.78, 5) is 3.32. The van der Waals surface area contributed by atoms with Crippen molar-refractivity contribution < 1.29 is 9.47 Å². The lowest BCUT2D eigenvalue weighted by molar-refractivity contribution is 0.310. The largest absolute Gasteiger partial charge is 0.493 e. The maximum atomic E-state index is 6.76. The van der Waals surface area contributed by atoms with Crippen molar-refractivity contribution in [1.82, 2.24) is 0 Å². The molecule has 0 aliphatic carbocycles. The molecule has 1 rings (SSSR count). The van der Waals surface area contributed by atoms with E-state index in [9.17, 15) is 0 Å². The van der Waals surface area contributed by atoms with Crippen LogP contribution in [0.25, 0.3) is 4.85 Å². The highest BCUT2D eigenvalue weighted by Gasteiger charge is 2.05. The summed E-state index contributed by atoms with van der Waals surface area (Å²) >= 11 is 0. The second-order valence-corrected chi connectivity index (χ2v) is 2.73. The zero-order valence-corrected chi connectivity index (χ0v) is 8.41. The first-order valence-corrected chi connectivity index (χ1v) is 4.44. The van der Waals surface area contributed by atoms with Crippen LogP contribution in [0, 0.1) is 6.57 Å². The van der Waals surface area contributed by atoms with Crippen molar-refractivity contribution in [2.75, 3.05) is 13.7 Å². The van der Waals surface area contributed by atoms with E-state index in [2.05, 4.69) is 4.85 Å². The molecule has 3 nitrogen and oxygen atoms in total. The van der Waals surface area contributed by atoms with E-state index in [0.29, 0.717) is 24.7 Å². The zero-order chi connectivity index (χ0) is 10.4. The van der Waals surface area contributed by atoms with E-state index in [4.69, 9.17) is 16.0 Å². The summed E-state index contributed by atoms with van der Waals surface area (Å²) in [6.07, 6.45) is 0. The summed E-state index contributed by atoms with van der Waals surface area (Å²) in [6, 6.07) is 5.55. The number of hydrogen-bond donors (Lipinski definition) is 0. The molecule has 3 heteroatoms. The smallest absolute Gasteiger partial charge is 0.239 e. The Morgan fingerprint density at radius 2 is 2.14 bits per heavy atom. The number of methoxy groups -OCH3 is 1. The average Bonchev–Trinajstić information content (AvgIpc) is 2.19. The predicted molar refractivity (Wildman–Crippen MR) is 54.5 cm³/mol. The van der Waals surface area contributed by atoms with Crippen LogP contribution in [0.4, 0.5) is 0 Å². The van der Waals surface area contributed by atoms with E-state index in [1.165, 1.54) is 0 Å². The molecule has 0 unspecified atom stereocenters. The lowest BCUT2D eigenvalue weighted by atomic mass is 10.2. The Bertz CT molecular complexity index is 342. The molecular formula is C11H13NO2. The summed E-state index contributed by atoms with van der Waals surface area (Å²) < 4.78 is 10.5. The zero-order valence-electron chi connectivity index (χ0n) is 8.41. The van der Waals surface area contributed by atoms with Gasteiger partial charge in [-0.1, -0.05) is 0 Å². The van der Waals surface area contributed by atoms with Crippen LogP contribution in [0.15, 0.2) is 18.2 Å². The van der Waals surface area contributed by atoms with Crippen molar-refractivity contribution in [3.8, 4) is 11.5 Å². The van der Waals surface area contributed by atoms with Gasteiger partial charge < -0.3 is 14.3 Å². The summed E-state index contributed by atoms with van der Waals surface area (Å²) in [5.41, 5.74) is 0.948. The lowest BCUT2D eigenvalue weighted by Crippen LogP contribution is -1.96. The first-order valence-electron chi connectivity index (χ1n) is 4.44. The molecule has 0 aromatic heterocycles. The van der Waals surface area contributed by atoms with Gasteiger partial charge in [0.25, 0.3) is 0 Å². The molecule has 0 saturated carbocycles. The maximum absolute atomic E-state index is 6.76. The van der Waals surface area contributed by atoms with Gasteiger partial charge in [0.05, 0.1) is 13.7 Å². The Balaban J connectivity index is 2.96. The van der Waals surface area contributed by atoms with Crippen LogP contribution in [-0.2, 0) is 6.54 Å². The Kier molecular flexibility index (Phi) is 3.81. The van der Waals surface area contributed by atoms with Gasteiger partial charge in [0.1, 0.15) is 0 Å². The van der Waals surface area contributed by atoms with Gasteiger partial charge in [-0.2, -0.15) is 0 Å². The van der Waals surface area contributed by atoms with E-state index >= 15 is 0 Å². The van der Waals surface area contributed by atoms with Crippen LogP contribution in [0.2, 0.25) is 0 Å². The number of benzene rings is 1. The van der Waals surface area contributed by atoms with Gasteiger partial charge in [-0.15, -0.1) is 0 Å². The molecule has 14 heavy (non-hydrogen) atoms. The topological polar surface area (TPSA) is 22.8 Å². The minimum Gasteiger partial charge on any atom is -0.493 e. The van der Waals surface area contributed by atoms with Crippen molar-refractivity contribution in [3.63, 3.8) is 0 Å². The molecule has 1 aromatic rings. The highest BCUT2D eigenvalue weighted by Crippen LogP contribution is 2.28. The molecule has 0 radical (unpaired) electrons. The van der Waals surface area contributed by atoms with Crippen molar-refractivity contribution in [2.45, 2.75) is 13.5 Å². The molecule has 0 saturated heterocycles. The van der Waals surface area contributed by atoms with E-state index in [1.54, 1.807) is 7.11 Å². The van der Waals surface area contributed by atoms with E-state index < -0.39 is 0 Å². The fourth-order valence-corrected chi connectivity index (χ4v) is 1.18. The predicted octanol–water partition coefficient (Wildman–Crippen LogP) is 2.51. The molecule has 0 N–H and O–H groups in total. The van der Waals surface area contributed by atoms with E-state index in [0.717, 1.165) is 5.56 Å². The third-order valence-corrected chi connectivity index (χ3v) is 1.79. The number of hydrogen-bond acceptors (Lipinski definition) is 2. The van der Waals surface area contributed by atoms with Gasteiger partial charge >= 0.3 is 0 Å². The average molecular weight is 191 g/mol. The molecule has 0 aliphatic heterocycles. The number of nitrogens with zero attached hydrogens (tertiary/aromatic N) is 1. The van der Waals surface area contributed by atoms with E-state index in [-0.39, 0.29) is 0 Å².